The van der Waals surface area contributed by atoms with Crippen molar-refractivity contribution in [1.82, 2.24) is 4.90 Å². The summed E-state index contributed by atoms with van der Waals surface area (Å²) in [4.78, 5) is 2.34. The SMILES string of the molecule is CC1(C)CCCC(C)(C)N1CC#N. The molecule has 2 heteroatoms. The topological polar surface area (TPSA) is 27.0 Å². The van der Waals surface area contributed by atoms with E-state index in [0.717, 1.165) is 0 Å². The first-order valence-electron chi connectivity index (χ1n) is 5.05. The molecule has 1 aliphatic heterocycles. The van der Waals surface area contributed by atoms with Crippen molar-refractivity contribution in [1.29, 1.82) is 5.26 Å². The minimum absolute atomic E-state index is 0.192. The average molecular weight is 180 g/mol. The summed E-state index contributed by atoms with van der Waals surface area (Å²) in [6.45, 7) is 9.52. The highest BCUT2D eigenvalue weighted by molar-refractivity contribution is 5.00. The third kappa shape index (κ3) is 2.03. The highest BCUT2D eigenvalue weighted by Gasteiger charge is 2.40. The molecule has 1 saturated heterocycles. The first-order chi connectivity index (χ1) is 5.90. The molecule has 0 atom stereocenters. The smallest absolute Gasteiger partial charge is 0.0874 e. The van der Waals surface area contributed by atoms with Crippen molar-refractivity contribution < 1.29 is 0 Å². The Bertz CT molecular complexity index is 207. The molecular formula is C11H20N2. The van der Waals surface area contributed by atoms with E-state index in [-0.39, 0.29) is 11.1 Å². The van der Waals surface area contributed by atoms with Crippen molar-refractivity contribution in [2.45, 2.75) is 58.0 Å². The second-order valence-electron chi connectivity index (χ2n) is 5.22. The Balaban J connectivity index is 2.85. The summed E-state index contributed by atoms with van der Waals surface area (Å²) in [6.07, 6.45) is 3.69. The maximum atomic E-state index is 8.79. The van der Waals surface area contributed by atoms with Crippen LogP contribution in [0.4, 0.5) is 0 Å². The zero-order valence-corrected chi connectivity index (χ0v) is 9.22. The number of hydrogen-bond donors (Lipinski definition) is 0. The second kappa shape index (κ2) is 3.31. The van der Waals surface area contributed by atoms with Crippen LogP contribution >= 0.6 is 0 Å². The van der Waals surface area contributed by atoms with Crippen molar-refractivity contribution in [3.8, 4) is 6.07 Å². The lowest BCUT2D eigenvalue weighted by Gasteiger charge is -2.51. The third-order valence-electron chi connectivity index (χ3n) is 3.27. The number of likely N-dealkylation sites (tertiary alicyclic amines) is 1. The number of nitriles is 1. The van der Waals surface area contributed by atoms with E-state index in [1.807, 2.05) is 0 Å². The van der Waals surface area contributed by atoms with Crippen LogP contribution in [-0.4, -0.2) is 22.5 Å². The molecule has 0 aromatic rings. The summed E-state index contributed by atoms with van der Waals surface area (Å²) >= 11 is 0. The molecule has 0 unspecified atom stereocenters. The predicted octanol–water partition coefficient (Wildman–Crippen LogP) is 2.55. The monoisotopic (exact) mass is 180 g/mol. The molecule has 13 heavy (non-hydrogen) atoms. The van der Waals surface area contributed by atoms with Gasteiger partial charge in [0.2, 0.25) is 0 Å². The Morgan fingerprint density at radius 2 is 1.62 bits per heavy atom. The number of rotatable bonds is 1. The highest BCUT2D eigenvalue weighted by atomic mass is 15.3. The normalized spacial score (nSPS) is 26.7. The Morgan fingerprint density at radius 1 is 1.15 bits per heavy atom. The standard InChI is InChI=1S/C11H20N2/c1-10(2)6-5-7-11(3,4)13(10)9-8-12/h5-7,9H2,1-4H3. The molecule has 0 N–H and O–H groups in total. The third-order valence-corrected chi connectivity index (χ3v) is 3.27. The van der Waals surface area contributed by atoms with E-state index in [2.05, 4.69) is 38.7 Å². The van der Waals surface area contributed by atoms with Crippen molar-refractivity contribution in [3.05, 3.63) is 0 Å². The minimum Gasteiger partial charge on any atom is -0.280 e. The van der Waals surface area contributed by atoms with Gasteiger partial charge >= 0.3 is 0 Å². The summed E-state index contributed by atoms with van der Waals surface area (Å²) < 4.78 is 0. The Morgan fingerprint density at radius 3 is 2.00 bits per heavy atom. The van der Waals surface area contributed by atoms with Crippen LogP contribution in [0, 0.1) is 11.3 Å². The van der Waals surface area contributed by atoms with E-state index >= 15 is 0 Å². The van der Waals surface area contributed by atoms with E-state index in [0.29, 0.717) is 6.54 Å². The lowest BCUT2D eigenvalue weighted by atomic mass is 9.80. The number of piperidine rings is 1. The number of hydrogen-bond acceptors (Lipinski definition) is 2. The first-order valence-corrected chi connectivity index (χ1v) is 5.05. The van der Waals surface area contributed by atoms with Crippen LogP contribution in [0.5, 0.6) is 0 Å². The van der Waals surface area contributed by atoms with Gasteiger partial charge in [0.1, 0.15) is 0 Å². The van der Waals surface area contributed by atoms with Crippen LogP contribution in [0.15, 0.2) is 0 Å². The summed E-state index contributed by atoms with van der Waals surface area (Å²) in [7, 11) is 0. The van der Waals surface area contributed by atoms with E-state index in [4.69, 9.17) is 5.26 Å². The molecule has 0 amide bonds. The largest absolute Gasteiger partial charge is 0.280 e. The number of nitrogens with zero attached hydrogens (tertiary/aromatic N) is 2. The van der Waals surface area contributed by atoms with Crippen LogP contribution in [-0.2, 0) is 0 Å². The first kappa shape index (κ1) is 10.5. The van der Waals surface area contributed by atoms with Crippen molar-refractivity contribution in [2.75, 3.05) is 6.54 Å². The van der Waals surface area contributed by atoms with Crippen molar-refractivity contribution in [2.24, 2.45) is 0 Å². The molecule has 1 fully saturated rings. The molecule has 0 saturated carbocycles. The highest BCUT2D eigenvalue weighted by Crippen LogP contribution is 2.37. The quantitative estimate of drug-likeness (QED) is 0.580. The van der Waals surface area contributed by atoms with Gasteiger partial charge in [0.25, 0.3) is 0 Å². The maximum absolute atomic E-state index is 8.79. The van der Waals surface area contributed by atoms with Gasteiger partial charge < -0.3 is 0 Å². The van der Waals surface area contributed by atoms with Gasteiger partial charge in [0.15, 0.2) is 0 Å². The molecule has 1 aliphatic rings. The summed E-state index contributed by atoms with van der Waals surface area (Å²) in [5.41, 5.74) is 0.384. The van der Waals surface area contributed by atoms with Crippen molar-refractivity contribution >= 4 is 0 Å². The van der Waals surface area contributed by atoms with Gasteiger partial charge in [-0.25, -0.2) is 0 Å². The van der Waals surface area contributed by atoms with E-state index in [9.17, 15) is 0 Å². The molecule has 1 heterocycles. The van der Waals surface area contributed by atoms with Crippen molar-refractivity contribution in [3.63, 3.8) is 0 Å². The predicted molar refractivity (Wildman–Crippen MR) is 54.3 cm³/mol. The van der Waals surface area contributed by atoms with Gasteiger partial charge in [-0.1, -0.05) is 0 Å². The maximum Gasteiger partial charge on any atom is 0.0874 e. The van der Waals surface area contributed by atoms with E-state index in [1.54, 1.807) is 0 Å². The van der Waals surface area contributed by atoms with Gasteiger partial charge in [0.05, 0.1) is 12.6 Å². The molecule has 0 bridgehead atoms. The van der Waals surface area contributed by atoms with Crippen LogP contribution in [0.2, 0.25) is 0 Å². The molecule has 1 rings (SSSR count). The zero-order valence-electron chi connectivity index (χ0n) is 9.22. The lowest BCUT2D eigenvalue weighted by molar-refractivity contribution is -0.0148. The van der Waals surface area contributed by atoms with E-state index in [1.165, 1.54) is 19.3 Å². The molecule has 0 spiro atoms. The van der Waals surface area contributed by atoms with Crippen LogP contribution < -0.4 is 0 Å². The fourth-order valence-corrected chi connectivity index (χ4v) is 2.54. The minimum atomic E-state index is 0.192. The molecule has 74 valence electrons. The Labute approximate surface area is 81.5 Å². The van der Waals surface area contributed by atoms with Crippen LogP contribution in [0.3, 0.4) is 0 Å². The second-order valence-corrected chi connectivity index (χ2v) is 5.22. The molecular weight excluding hydrogens is 160 g/mol. The van der Waals surface area contributed by atoms with Gasteiger partial charge in [-0.2, -0.15) is 5.26 Å². The van der Waals surface area contributed by atoms with E-state index < -0.39 is 0 Å². The van der Waals surface area contributed by atoms with Gasteiger partial charge in [-0.05, 0) is 47.0 Å². The molecule has 0 aromatic heterocycles. The fourth-order valence-electron chi connectivity index (χ4n) is 2.54. The van der Waals surface area contributed by atoms with Gasteiger partial charge in [-0.3, -0.25) is 4.90 Å². The summed E-state index contributed by atoms with van der Waals surface area (Å²) in [5, 5.41) is 8.79. The lowest BCUT2D eigenvalue weighted by Crippen LogP contribution is -2.58. The molecule has 0 aromatic carbocycles. The molecule has 2 nitrogen and oxygen atoms in total. The van der Waals surface area contributed by atoms with Crippen LogP contribution in [0.25, 0.3) is 0 Å². The fraction of sp³-hybridized carbons (Fsp3) is 0.909. The summed E-state index contributed by atoms with van der Waals surface area (Å²) in [5.74, 6) is 0. The van der Waals surface area contributed by atoms with Gasteiger partial charge in [0, 0.05) is 11.1 Å². The molecule has 0 aliphatic carbocycles. The zero-order chi connectivity index (χ0) is 10.1. The Hall–Kier alpha value is -0.550. The summed E-state index contributed by atoms with van der Waals surface area (Å²) in [6, 6.07) is 2.27. The van der Waals surface area contributed by atoms with Crippen LogP contribution in [0.1, 0.15) is 47.0 Å². The average Bonchev–Trinajstić information content (AvgIpc) is 1.96. The molecule has 0 radical (unpaired) electrons. The Kier molecular flexibility index (Phi) is 2.68. The van der Waals surface area contributed by atoms with Gasteiger partial charge in [-0.15, -0.1) is 0 Å².